The van der Waals surface area contributed by atoms with Crippen LogP contribution in [0.2, 0.25) is 0 Å². The maximum absolute atomic E-state index is 5.80. The Morgan fingerprint density at radius 1 is 0.478 bits per heavy atom. The fourth-order valence-electron chi connectivity index (χ4n) is 3.12. The summed E-state index contributed by atoms with van der Waals surface area (Å²) in [7, 11) is 0. The van der Waals surface area contributed by atoms with E-state index in [-0.39, 0.29) is 0 Å². The van der Waals surface area contributed by atoms with Gasteiger partial charge < -0.3 is 14.5 Å². The predicted molar refractivity (Wildman–Crippen MR) is 103 cm³/mol. The third kappa shape index (κ3) is 15.2. The van der Waals surface area contributed by atoms with Crippen LogP contribution in [0.5, 0.6) is 0 Å². The van der Waals surface area contributed by atoms with Gasteiger partial charge in [0.1, 0.15) is 0 Å². The topological polar surface area (TPSA) is 15.7 Å². The minimum Gasteiger partial charge on any atom is -0.381 e. The average Bonchev–Trinajstić information content (AvgIpc) is 2.54. The zero-order valence-electron chi connectivity index (χ0n) is 16.6. The number of rotatable bonds is 18. The van der Waals surface area contributed by atoms with E-state index >= 15 is 0 Å². The van der Waals surface area contributed by atoms with Gasteiger partial charge in [0.05, 0.1) is 0 Å². The highest BCUT2D eigenvalue weighted by molar-refractivity contribution is 4.57. The SMILES string of the molecule is CCCN(CCC)CCCCOCCCCN(CCC)CCC. The van der Waals surface area contributed by atoms with Crippen molar-refractivity contribution in [3.63, 3.8) is 0 Å². The summed E-state index contributed by atoms with van der Waals surface area (Å²) in [5.41, 5.74) is 0. The summed E-state index contributed by atoms with van der Waals surface area (Å²) >= 11 is 0. The Kier molecular flexibility index (Phi) is 18.1. The van der Waals surface area contributed by atoms with Crippen molar-refractivity contribution in [3.05, 3.63) is 0 Å². The average molecular weight is 329 g/mol. The summed E-state index contributed by atoms with van der Waals surface area (Å²) in [6, 6.07) is 0. The van der Waals surface area contributed by atoms with Crippen molar-refractivity contribution >= 4 is 0 Å². The molecule has 0 saturated heterocycles. The first-order valence-electron chi connectivity index (χ1n) is 10.3. The molecule has 0 radical (unpaired) electrons. The molecule has 0 amide bonds. The summed E-state index contributed by atoms with van der Waals surface area (Å²) in [5.74, 6) is 0. The first-order chi connectivity index (χ1) is 11.3. The Balaban J connectivity index is 3.41. The molecule has 0 aromatic carbocycles. The van der Waals surface area contributed by atoms with Crippen molar-refractivity contribution in [3.8, 4) is 0 Å². The van der Waals surface area contributed by atoms with Crippen LogP contribution in [0.25, 0.3) is 0 Å². The van der Waals surface area contributed by atoms with Crippen LogP contribution >= 0.6 is 0 Å². The first kappa shape index (κ1) is 22.9. The molecule has 3 heteroatoms. The van der Waals surface area contributed by atoms with Crippen molar-refractivity contribution in [2.24, 2.45) is 0 Å². The van der Waals surface area contributed by atoms with Crippen LogP contribution in [0, 0.1) is 0 Å². The molecule has 0 bridgehead atoms. The van der Waals surface area contributed by atoms with E-state index in [1.165, 1.54) is 90.6 Å². The molecule has 0 aromatic heterocycles. The molecule has 0 N–H and O–H groups in total. The van der Waals surface area contributed by atoms with Gasteiger partial charge in [-0.25, -0.2) is 0 Å². The maximum Gasteiger partial charge on any atom is 0.0466 e. The van der Waals surface area contributed by atoms with Crippen molar-refractivity contribution in [2.45, 2.75) is 79.1 Å². The van der Waals surface area contributed by atoms with Gasteiger partial charge in [0.15, 0.2) is 0 Å². The zero-order valence-corrected chi connectivity index (χ0v) is 16.6. The lowest BCUT2D eigenvalue weighted by Crippen LogP contribution is -2.27. The summed E-state index contributed by atoms with van der Waals surface area (Å²) in [6.45, 7) is 18.5. The molecule has 23 heavy (non-hydrogen) atoms. The number of hydrogen-bond donors (Lipinski definition) is 0. The Bertz CT molecular complexity index is 190. The molecule has 0 fully saturated rings. The van der Waals surface area contributed by atoms with Gasteiger partial charge in [0, 0.05) is 13.2 Å². The minimum absolute atomic E-state index is 0.944. The first-order valence-corrected chi connectivity index (χ1v) is 10.3. The molecule has 0 atom stereocenters. The molecule has 0 spiro atoms. The van der Waals surface area contributed by atoms with E-state index in [9.17, 15) is 0 Å². The quantitative estimate of drug-likeness (QED) is 0.336. The second kappa shape index (κ2) is 18.2. The molecule has 0 aliphatic rings. The number of ether oxygens (including phenoxy) is 1. The molecule has 3 nitrogen and oxygen atoms in total. The normalized spacial score (nSPS) is 11.7. The van der Waals surface area contributed by atoms with E-state index in [2.05, 4.69) is 37.5 Å². The second-order valence-electron chi connectivity index (χ2n) is 6.71. The highest BCUT2D eigenvalue weighted by Crippen LogP contribution is 2.01. The fraction of sp³-hybridized carbons (Fsp3) is 1.00. The van der Waals surface area contributed by atoms with Gasteiger partial charge in [-0.2, -0.15) is 0 Å². The molecule has 0 unspecified atom stereocenters. The predicted octanol–water partition coefficient (Wildman–Crippen LogP) is 4.81. The van der Waals surface area contributed by atoms with Crippen LogP contribution in [0.4, 0.5) is 0 Å². The molecule has 0 saturated carbocycles. The molecular weight excluding hydrogens is 284 g/mol. The summed E-state index contributed by atoms with van der Waals surface area (Å²) in [6.07, 6.45) is 10.0. The Labute approximate surface area is 146 Å². The maximum atomic E-state index is 5.80. The lowest BCUT2D eigenvalue weighted by molar-refractivity contribution is 0.120. The molecular formula is C20H44N2O. The van der Waals surface area contributed by atoms with E-state index in [4.69, 9.17) is 4.74 Å². The second-order valence-corrected chi connectivity index (χ2v) is 6.71. The monoisotopic (exact) mass is 328 g/mol. The van der Waals surface area contributed by atoms with Gasteiger partial charge in [0.25, 0.3) is 0 Å². The van der Waals surface area contributed by atoms with Crippen LogP contribution in [-0.4, -0.2) is 62.3 Å². The summed E-state index contributed by atoms with van der Waals surface area (Å²) in [5, 5.41) is 0. The minimum atomic E-state index is 0.944. The van der Waals surface area contributed by atoms with Gasteiger partial charge in [-0.05, 0) is 90.6 Å². The Morgan fingerprint density at radius 3 is 1.13 bits per heavy atom. The summed E-state index contributed by atoms with van der Waals surface area (Å²) < 4.78 is 5.80. The van der Waals surface area contributed by atoms with E-state index < -0.39 is 0 Å². The smallest absolute Gasteiger partial charge is 0.0466 e. The van der Waals surface area contributed by atoms with Crippen LogP contribution in [-0.2, 0) is 4.74 Å². The van der Waals surface area contributed by atoms with E-state index in [0.717, 1.165) is 13.2 Å². The third-order valence-corrected chi connectivity index (χ3v) is 4.19. The highest BCUT2D eigenvalue weighted by atomic mass is 16.5. The number of unbranched alkanes of at least 4 members (excludes halogenated alkanes) is 2. The lowest BCUT2D eigenvalue weighted by atomic mass is 10.2. The van der Waals surface area contributed by atoms with Gasteiger partial charge in [0.2, 0.25) is 0 Å². The summed E-state index contributed by atoms with van der Waals surface area (Å²) in [4.78, 5) is 5.19. The van der Waals surface area contributed by atoms with E-state index in [0.29, 0.717) is 0 Å². The number of hydrogen-bond acceptors (Lipinski definition) is 3. The van der Waals surface area contributed by atoms with Crippen molar-refractivity contribution in [2.75, 3.05) is 52.5 Å². The molecule has 0 aromatic rings. The third-order valence-electron chi connectivity index (χ3n) is 4.19. The fourth-order valence-corrected chi connectivity index (χ4v) is 3.12. The molecule has 0 rings (SSSR count). The van der Waals surface area contributed by atoms with Crippen molar-refractivity contribution < 1.29 is 4.74 Å². The Morgan fingerprint density at radius 2 is 0.826 bits per heavy atom. The standard InChI is InChI=1S/C20H44N2O/c1-5-13-21(14-6-2)17-9-11-19-23-20-12-10-18-22(15-7-3)16-8-4/h5-20H2,1-4H3. The largest absolute Gasteiger partial charge is 0.381 e. The van der Waals surface area contributed by atoms with Crippen LogP contribution in [0.1, 0.15) is 79.1 Å². The van der Waals surface area contributed by atoms with E-state index in [1.807, 2.05) is 0 Å². The van der Waals surface area contributed by atoms with Crippen LogP contribution < -0.4 is 0 Å². The molecule has 0 aliphatic heterocycles. The van der Waals surface area contributed by atoms with Crippen LogP contribution in [0.3, 0.4) is 0 Å². The lowest BCUT2D eigenvalue weighted by Gasteiger charge is -2.21. The zero-order chi connectivity index (χ0) is 17.2. The van der Waals surface area contributed by atoms with Gasteiger partial charge in [-0.15, -0.1) is 0 Å². The van der Waals surface area contributed by atoms with E-state index in [1.54, 1.807) is 0 Å². The molecule has 0 heterocycles. The van der Waals surface area contributed by atoms with Crippen molar-refractivity contribution in [1.29, 1.82) is 0 Å². The van der Waals surface area contributed by atoms with Gasteiger partial charge >= 0.3 is 0 Å². The molecule has 140 valence electrons. The highest BCUT2D eigenvalue weighted by Gasteiger charge is 2.03. The van der Waals surface area contributed by atoms with Crippen molar-refractivity contribution in [1.82, 2.24) is 9.80 Å². The van der Waals surface area contributed by atoms with Gasteiger partial charge in [-0.3, -0.25) is 0 Å². The Hall–Kier alpha value is -0.120. The van der Waals surface area contributed by atoms with Gasteiger partial charge in [-0.1, -0.05) is 27.7 Å². The molecule has 0 aliphatic carbocycles. The number of nitrogens with zero attached hydrogens (tertiary/aromatic N) is 2. The van der Waals surface area contributed by atoms with Crippen LogP contribution in [0.15, 0.2) is 0 Å².